The van der Waals surface area contributed by atoms with Crippen molar-refractivity contribution in [3.8, 4) is 11.4 Å². The lowest BCUT2D eigenvalue weighted by atomic mass is 10.1. The van der Waals surface area contributed by atoms with Gasteiger partial charge in [0.05, 0.1) is 11.7 Å². The van der Waals surface area contributed by atoms with E-state index >= 15 is 0 Å². The fourth-order valence-corrected chi connectivity index (χ4v) is 4.05. The number of carbonyl (C=O) groups excluding carboxylic acids is 1. The maximum Gasteiger partial charge on any atom is 0.254 e. The van der Waals surface area contributed by atoms with Crippen LogP contribution in [0.25, 0.3) is 22.4 Å². The molecule has 0 unspecified atom stereocenters. The summed E-state index contributed by atoms with van der Waals surface area (Å²) in [6, 6.07) is 9.40. The van der Waals surface area contributed by atoms with Crippen molar-refractivity contribution in [2.24, 2.45) is 0 Å². The maximum absolute atomic E-state index is 12.9. The summed E-state index contributed by atoms with van der Waals surface area (Å²) >= 11 is 1.16. The van der Waals surface area contributed by atoms with Crippen LogP contribution in [0, 0.1) is 0 Å². The van der Waals surface area contributed by atoms with Gasteiger partial charge in [-0.05, 0) is 30.3 Å². The van der Waals surface area contributed by atoms with Crippen molar-refractivity contribution in [3.05, 3.63) is 48.0 Å². The standard InChI is InChI=1S/C21H21N7O2S/c1-13(2)20-23-19(24-30-20)15-4-6-18(22-12-15)27-7-9-28(10-8-27)21(29)14-3-5-16-17(11-14)26-31-25-16/h3-6,11-13H,7-10H2,1-2H3. The molecule has 0 atom stereocenters. The first-order valence-electron chi connectivity index (χ1n) is 10.1. The Morgan fingerprint density at radius 2 is 1.87 bits per heavy atom. The van der Waals surface area contributed by atoms with Gasteiger partial charge >= 0.3 is 0 Å². The number of rotatable bonds is 4. The Kier molecular flexibility index (Phi) is 5.06. The minimum atomic E-state index is 0.0240. The number of fused-ring (bicyclic) bond motifs is 1. The van der Waals surface area contributed by atoms with Gasteiger partial charge < -0.3 is 14.3 Å². The number of nitrogens with zero attached hydrogens (tertiary/aromatic N) is 7. The van der Waals surface area contributed by atoms with Crippen molar-refractivity contribution in [2.45, 2.75) is 19.8 Å². The molecule has 0 aliphatic carbocycles. The molecule has 1 aromatic carbocycles. The van der Waals surface area contributed by atoms with E-state index in [4.69, 9.17) is 4.52 Å². The third-order valence-corrected chi connectivity index (χ3v) is 5.89. The third-order valence-electron chi connectivity index (χ3n) is 5.33. The Morgan fingerprint density at radius 1 is 1.06 bits per heavy atom. The fourth-order valence-electron chi connectivity index (χ4n) is 3.53. The minimum absolute atomic E-state index is 0.0240. The van der Waals surface area contributed by atoms with E-state index in [0.717, 1.165) is 47.2 Å². The lowest BCUT2D eigenvalue weighted by Crippen LogP contribution is -2.49. The van der Waals surface area contributed by atoms with E-state index < -0.39 is 0 Å². The summed E-state index contributed by atoms with van der Waals surface area (Å²) in [5.74, 6) is 2.25. The highest BCUT2D eigenvalue weighted by Crippen LogP contribution is 2.22. The zero-order valence-corrected chi connectivity index (χ0v) is 18.0. The third kappa shape index (κ3) is 3.86. The number of piperazine rings is 1. The topological polar surface area (TPSA) is 101 Å². The van der Waals surface area contributed by atoms with Crippen molar-refractivity contribution in [2.75, 3.05) is 31.1 Å². The van der Waals surface area contributed by atoms with Crippen LogP contribution >= 0.6 is 11.7 Å². The number of hydrogen-bond donors (Lipinski definition) is 0. The number of amides is 1. The first kappa shape index (κ1) is 19.6. The molecule has 158 valence electrons. The number of hydrogen-bond acceptors (Lipinski definition) is 9. The Labute approximate surface area is 183 Å². The van der Waals surface area contributed by atoms with Crippen LogP contribution in [0.2, 0.25) is 0 Å². The first-order valence-corrected chi connectivity index (χ1v) is 10.9. The molecule has 9 nitrogen and oxygen atoms in total. The number of aromatic nitrogens is 5. The summed E-state index contributed by atoms with van der Waals surface area (Å²) in [4.78, 5) is 25.9. The molecule has 31 heavy (non-hydrogen) atoms. The van der Waals surface area contributed by atoms with E-state index in [9.17, 15) is 4.79 Å². The predicted octanol–water partition coefficient (Wildman–Crippen LogP) is 3.22. The lowest BCUT2D eigenvalue weighted by molar-refractivity contribution is 0.0746. The molecule has 1 saturated heterocycles. The number of carbonyl (C=O) groups is 1. The van der Waals surface area contributed by atoms with Gasteiger partial charge in [0.1, 0.15) is 16.9 Å². The van der Waals surface area contributed by atoms with Crippen LogP contribution in [0.5, 0.6) is 0 Å². The van der Waals surface area contributed by atoms with Crippen molar-refractivity contribution in [1.29, 1.82) is 0 Å². The average molecular weight is 436 g/mol. The molecule has 0 bridgehead atoms. The highest BCUT2D eigenvalue weighted by atomic mass is 32.1. The monoisotopic (exact) mass is 435 g/mol. The van der Waals surface area contributed by atoms with E-state index in [2.05, 4.69) is 28.8 Å². The fraction of sp³-hybridized carbons (Fsp3) is 0.333. The molecule has 0 N–H and O–H groups in total. The molecule has 1 amide bonds. The molecule has 0 radical (unpaired) electrons. The second-order valence-electron chi connectivity index (χ2n) is 7.76. The van der Waals surface area contributed by atoms with E-state index in [1.807, 2.05) is 49.1 Å². The first-order chi connectivity index (χ1) is 15.1. The van der Waals surface area contributed by atoms with Crippen molar-refractivity contribution >= 4 is 34.5 Å². The molecule has 0 spiro atoms. The average Bonchev–Trinajstić information content (AvgIpc) is 3.48. The molecule has 0 saturated carbocycles. The summed E-state index contributed by atoms with van der Waals surface area (Å²) in [6.45, 7) is 6.74. The molecular formula is C21H21N7O2S. The van der Waals surface area contributed by atoms with Crippen LogP contribution in [0.3, 0.4) is 0 Å². The van der Waals surface area contributed by atoms with Gasteiger partial charge in [-0.25, -0.2) is 4.98 Å². The highest BCUT2D eigenvalue weighted by Gasteiger charge is 2.23. The van der Waals surface area contributed by atoms with Gasteiger partial charge in [-0.1, -0.05) is 19.0 Å². The Hall–Kier alpha value is -3.40. The normalized spacial score (nSPS) is 14.5. The van der Waals surface area contributed by atoms with Crippen molar-refractivity contribution < 1.29 is 9.32 Å². The Balaban J connectivity index is 1.23. The number of benzene rings is 1. The molecule has 4 heterocycles. The zero-order chi connectivity index (χ0) is 21.4. The summed E-state index contributed by atoms with van der Waals surface area (Å²) < 4.78 is 13.7. The highest BCUT2D eigenvalue weighted by molar-refractivity contribution is 7.00. The van der Waals surface area contributed by atoms with Gasteiger partial charge in [-0.15, -0.1) is 0 Å². The van der Waals surface area contributed by atoms with E-state index in [-0.39, 0.29) is 11.8 Å². The largest absolute Gasteiger partial charge is 0.353 e. The second-order valence-corrected chi connectivity index (χ2v) is 8.29. The smallest absolute Gasteiger partial charge is 0.254 e. The SMILES string of the molecule is CC(C)c1nc(-c2ccc(N3CCN(C(=O)c4ccc5nsnc5c4)CC3)nc2)no1. The van der Waals surface area contributed by atoms with E-state index in [1.54, 1.807) is 6.20 Å². The van der Waals surface area contributed by atoms with Gasteiger partial charge in [0.2, 0.25) is 11.7 Å². The summed E-state index contributed by atoms with van der Waals surface area (Å²) in [7, 11) is 0. The molecule has 5 rings (SSSR count). The molecule has 3 aromatic heterocycles. The predicted molar refractivity (Wildman–Crippen MR) is 117 cm³/mol. The van der Waals surface area contributed by atoms with Crippen LogP contribution in [-0.4, -0.2) is 60.9 Å². The van der Waals surface area contributed by atoms with E-state index in [0.29, 0.717) is 30.4 Å². The number of pyridine rings is 1. The Bertz CT molecular complexity index is 1210. The van der Waals surface area contributed by atoms with Gasteiger partial charge in [-0.2, -0.15) is 13.7 Å². The van der Waals surface area contributed by atoms with Gasteiger partial charge in [-0.3, -0.25) is 4.79 Å². The van der Waals surface area contributed by atoms with Crippen LogP contribution in [-0.2, 0) is 0 Å². The van der Waals surface area contributed by atoms with Gasteiger partial charge in [0.25, 0.3) is 5.91 Å². The van der Waals surface area contributed by atoms with Crippen molar-refractivity contribution in [1.82, 2.24) is 28.8 Å². The van der Waals surface area contributed by atoms with Gasteiger partial charge in [0, 0.05) is 49.4 Å². The zero-order valence-electron chi connectivity index (χ0n) is 17.2. The Morgan fingerprint density at radius 3 is 2.58 bits per heavy atom. The molecular weight excluding hydrogens is 414 g/mol. The van der Waals surface area contributed by atoms with Gasteiger partial charge in [0.15, 0.2) is 0 Å². The van der Waals surface area contributed by atoms with E-state index in [1.165, 1.54) is 0 Å². The maximum atomic E-state index is 12.9. The molecule has 1 aliphatic rings. The summed E-state index contributed by atoms with van der Waals surface area (Å²) in [6.07, 6.45) is 1.76. The van der Waals surface area contributed by atoms with Crippen LogP contribution < -0.4 is 4.90 Å². The molecule has 4 aromatic rings. The van der Waals surface area contributed by atoms with Crippen LogP contribution in [0.1, 0.15) is 36.0 Å². The lowest BCUT2D eigenvalue weighted by Gasteiger charge is -2.35. The summed E-state index contributed by atoms with van der Waals surface area (Å²) in [5.41, 5.74) is 3.06. The minimum Gasteiger partial charge on any atom is -0.353 e. The van der Waals surface area contributed by atoms with Crippen LogP contribution in [0.15, 0.2) is 41.1 Å². The molecule has 1 fully saturated rings. The number of anilines is 1. The molecule has 1 aliphatic heterocycles. The quantitative estimate of drug-likeness (QED) is 0.482. The summed E-state index contributed by atoms with van der Waals surface area (Å²) in [5, 5.41) is 4.03. The van der Waals surface area contributed by atoms with Crippen molar-refractivity contribution in [3.63, 3.8) is 0 Å². The molecule has 10 heteroatoms. The van der Waals surface area contributed by atoms with Crippen LogP contribution in [0.4, 0.5) is 5.82 Å². The second kappa shape index (κ2) is 8.03.